The van der Waals surface area contributed by atoms with Crippen LogP contribution in [-0.4, -0.2) is 32.0 Å². The van der Waals surface area contributed by atoms with Crippen molar-refractivity contribution in [2.45, 2.75) is 38.2 Å². The molecule has 4 heteroatoms. The molecule has 1 atom stereocenters. The molecule has 0 aromatic heterocycles. The number of rotatable bonds is 6. The van der Waals surface area contributed by atoms with E-state index in [4.69, 9.17) is 14.2 Å². The van der Waals surface area contributed by atoms with Crippen molar-refractivity contribution in [2.75, 3.05) is 20.8 Å². The molecule has 0 heterocycles. The van der Waals surface area contributed by atoms with Crippen LogP contribution in [0.3, 0.4) is 0 Å². The summed E-state index contributed by atoms with van der Waals surface area (Å²) in [5, 5.41) is 10.2. The van der Waals surface area contributed by atoms with E-state index in [-0.39, 0.29) is 0 Å². The summed E-state index contributed by atoms with van der Waals surface area (Å²) in [6.07, 6.45) is 5.53. The number of aliphatic hydroxyl groups is 1. The molecule has 1 unspecified atom stereocenters. The van der Waals surface area contributed by atoms with Crippen LogP contribution in [0, 0.1) is 5.92 Å². The first-order valence-electron chi connectivity index (χ1n) is 7.27. The molecule has 1 saturated carbocycles. The second-order valence-electron chi connectivity index (χ2n) is 5.32. The summed E-state index contributed by atoms with van der Waals surface area (Å²) < 4.78 is 16.1. The Kier molecular flexibility index (Phi) is 5.53. The van der Waals surface area contributed by atoms with E-state index < -0.39 is 6.10 Å². The van der Waals surface area contributed by atoms with Gasteiger partial charge in [0.25, 0.3) is 0 Å². The van der Waals surface area contributed by atoms with Gasteiger partial charge in [-0.25, -0.2) is 0 Å². The zero-order valence-corrected chi connectivity index (χ0v) is 12.3. The molecule has 2 rings (SSSR count). The van der Waals surface area contributed by atoms with E-state index in [1.807, 2.05) is 0 Å². The molecule has 20 heavy (non-hydrogen) atoms. The molecule has 0 aliphatic heterocycles. The third-order valence-electron chi connectivity index (χ3n) is 3.94. The van der Waals surface area contributed by atoms with E-state index >= 15 is 0 Å². The van der Waals surface area contributed by atoms with Gasteiger partial charge in [-0.2, -0.15) is 0 Å². The summed E-state index contributed by atoms with van der Waals surface area (Å²) in [5.74, 6) is 2.41. The van der Waals surface area contributed by atoms with E-state index in [2.05, 4.69) is 0 Å². The van der Waals surface area contributed by atoms with Gasteiger partial charge in [0.05, 0.1) is 20.3 Å². The minimum atomic E-state index is -0.396. The summed E-state index contributed by atoms with van der Waals surface area (Å²) in [6.45, 7) is 0.320. The molecule has 0 amide bonds. The van der Waals surface area contributed by atoms with Gasteiger partial charge in [-0.15, -0.1) is 0 Å². The number of hydrogen-bond acceptors (Lipinski definition) is 4. The van der Waals surface area contributed by atoms with Gasteiger partial charge >= 0.3 is 0 Å². The van der Waals surface area contributed by atoms with Gasteiger partial charge in [0.1, 0.15) is 23.9 Å². The molecule has 0 spiro atoms. The SMILES string of the molecule is COc1cc(OC)cc(OCC(O)C2CCCCC2)c1. The Morgan fingerprint density at radius 2 is 1.55 bits per heavy atom. The van der Waals surface area contributed by atoms with Crippen LogP contribution in [0.4, 0.5) is 0 Å². The van der Waals surface area contributed by atoms with Gasteiger partial charge in [0.2, 0.25) is 0 Å². The molecule has 4 nitrogen and oxygen atoms in total. The summed E-state index contributed by atoms with van der Waals surface area (Å²) >= 11 is 0. The highest BCUT2D eigenvalue weighted by Gasteiger charge is 2.22. The maximum Gasteiger partial charge on any atom is 0.126 e. The Hall–Kier alpha value is -1.42. The van der Waals surface area contributed by atoms with E-state index in [1.165, 1.54) is 19.3 Å². The van der Waals surface area contributed by atoms with E-state index in [0.717, 1.165) is 12.8 Å². The third-order valence-corrected chi connectivity index (χ3v) is 3.94. The van der Waals surface area contributed by atoms with Gasteiger partial charge in [-0.1, -0.05) is 19.3 Å². The second-order valence-corrected chi connectivity index (χ2v) is 5.32. The minimum absolute atomic E-state index is 0.320. The molecule has 1 aliphatic carbocycles. The molecule has 112 valence electrons. The average Bonchev–Trinajstić information content (AvgIpc) is 2.53. The topological polar surface area (TPSA) is 47.9 Å². The second kappa shape index (κ2) is 7.39. The Morgan fingerprint density at radius 1 is 1.00 bits per heavy atom. The summed E-state index contributed by atoms with van der Waals surface area (Å²) in [7, 11) is 3.21. The Morgan fingerprint density at radius 3 is 2.10 bits per heavy atom. The largest absolute Gasteiger partial charge is 0.496 e. The highest BCUT2D eigenvalue weighted by atomic mass is 16.5. The molecule has 1 aromatic carbocycles. The third kappa shape index (κ3) is 4.04. The van der Waals surface area contributed by atoms with Gasteiger partial charge in [-0.3, -0.25) is 0 Å². The predicted molar refractivity (Wildman–Crippen MR) is 77.6 cm³/mol. The van der Waals surface area contributed by atoms with Crippen molar-refractivity contribution in [3.05, 3.63) is 18.2 Å². The van der Waals surface area contributed by atoms with Crippen LogP contribution in [0.15, 0.2) is 18.2 Å². The van der Waals surface area contributed by atoms with Crippen molar-refractivity contribution in [3.63, 3.8) is 0 Å². The lowest BCUT2D eigenvalue weighted by Crippen LogP contribution is -2.28. The van der Waals surface area contributed by atoms with E-state index in [0.29, 0.717) is 29.8 Å². The zero-order valence-electron chi connectivity index (χ0n) is 12.3. The molecular formula is C16H24O4. The van der Waals surface area contributed by atoms with Crippen LogP contribution in [0.5, 0.6) is 17.2 Å². The minimum Gasteiger partial charge on any atom is -0.496 e. The maximum atomic E-state index is 10.2. The maximum absolute atomic E-state index is 10.2. The van der Waals surface area contributed by atoms with E-state index in [9.17, 15) is 5.11 Å². The van der Waals surface area contributed by atoms with Gasteiger partial charge in [-0.05, 0) is 18.8 Å². The molecule has 0 bridgehead atoms. The van der Waals surface area contributed by atoms with Crippen molar-refractivity contribution >= 4 is 0 Å². The smallest absolute Gasteiger partial charge is 0.126 e. The monoisotopic (exact) mass is 280 g/mol. The van der Waals surface area contributed by atoms with E-state index in [1.54, 1.807) is 32.4 Å². The molecule has 0 saturated heterocycles. The molecule has 1 aromatic rings. The lowest BCUT2D eigenvalue weighted by Gasteiger charge is -2.26. The predicted octanol–water partition coefficient (Wildman–Crippen LogP) is 3.02. The Balaban J connectivity index is 1.92. The van der Waals surface area contributed by atoms with Crippen molar-refractivity contribution in [1.29, 1.82) is 0 Å². The fourth-order valence-electron chi connectivity index (χ4n) is 2.70. The van der Waals surface area contributed by atoms with Crippen LogP contribution in [0.2, 0.25) is 0 Å². The lowest BCUT2D eigenvalue weighted by molar-refractivity contribution is 0.0412. The van der Waals surface area contributed by atoms with Crippen LogP contribution in [-0.2, 0) is 0 Å². The van der Waals surface area contributed by atoms with Crippen LogP contribution in [0.1, 0.15) is 32.1 Å². The number of methoxy groups -OCH3 is 2. The van der Waals surface area contributed by atoms with Gasteiger partial charge in [0, 0.05) is 18.2 Å². The summed E-state index contributed by atoms with van der Waals surface area (Å²) in [4.78, 5) is 0. The highest BCUT2D eigenvalue weighted by Crippen LogP contribution is 2.29. The quantitative estimate of drug-likeness (QED) is 0.870. The van der Waals surface area contributed by atoms with Crippen LogP contribution >= 0.6 is 0 Å². The lowest BCUT2D eigenvalue weighted by atomic mass is 9.85. The number of aliphatic hydroxyl groups excluding tert-OH is 1. The van der Waals surface area contributed by atoms with Crippen LogP contribution in [0.25, 0.3) is 0 Å². The summed E-state index contributed by atoms with van der Waals surface area (Å²) in [6, 6.07) is 5.40. The number of benzene rings is 1. The van der Waals surface area contributed by atoms with Crippen molar-refractivity contribution in [1.82, 2.24) is 0 Å². The number of hydrogen-bond donors (Lipinski definition) is 1. The standard InChI is InChI=1S/C16H24O4/c1-18-13-8-14(19-2)10-15(9-13)20-11-16(17)12-6-4-3-5-7-12/h8-10,12,16-17H,3-7,11H2,1-2H3. The van der Waals surface area contributed by atoms with Crippen LogP contribution < -0.4 is 14.2 Å². The average molecular weight is 280 g/mol. The van der Waals surface area contributed by atoms with Crippen molar-refractivity contribution in [3.8, 4) is 17.2 Å². The molecule has 1 fully saturated rings. The first kappa shape index (κ1) is 15.0. The number of ether oxygens (including phenoxy) is 3. The van der Waals surface area contributed by atoms with Gasteiger partial charge < -0.3 is 19.3 Å². The summed E-state index contributed by atoms with van der Waals surface area (Å²) in [5.41, 5.74) is 0. The molecular weight excluding hydrogens is 256 g/mol. The van der Waals surface area contributed by atoms with Crippen molar-refractivity contribution in [2.24, 2.45) is 5.92 Å². The molecule has 0 radical (unpaired) electrons. The molecule has 1 N–H and O–H groups in total. The Labute approximate surface area is 120 Å². The fraction of sp³-hybridized carbons (Fsp3) is 0.625. The fourth-order valence-corrected chi connectivity index (χ4v) is 2.70. The normalized spacial score (nSPS) is 17.6. The first-order chi connectivity index (χ1) is 9.72. The van der Waals surface area contributed by atoms with Gasteiger partial charge in [0.15, 0.2) is 0 Å². The first-order valence-corrected chi connectivity index (χ1v) is 7.27. The van der Waals surface area contributed by atoms with Crippen molar-refractivity contribution < 1.29 is 19.3 Å². The molecule has 1 aliphatic rings. The zero-order chi connectivity index (χ0) is 14.4. The Bertz CT molecular complexity index is 391. The highest BCUT2D eigenvalue weighted by molar-refractivity contribution is 5.41.